The number of fused-ring (bicyclic) bond motifs is 1. The first-order valence-corrected chi connectivity index (χ1v) is 3.11. The fraction of sp³-hybridized carbons (Fsp3) is 0.143. The van der Waals surface area contributed by atoms with Gasteiger partial charge in [0.1, 0.15) is 0 Å². The molecule has 0 saturated carbocycles. The SMILES string of the molecule is C=C1Cc2nccnc2N1. The molecule has 2 rings (SSSR count). The van der Waals surface area contributed by atoms with E-state index in [9.17, 15) is 0 Å². The van der Waals surface area contributed by atoms with Crippen molar-refractivity contribution < 1.29 is 0 Å². The maximum Gasteiger partial charge on any atom is 0.152 e. The van der Waals surface area contributed by atoms with Crippen LogP contribution in [0.25, 0.3) is 0 Å². The van der Waals surface area contributed by atoms with Crippen molar-refractivity contribution in [2.24, 2.45) is 0 Å². The minimum absolute atomic E-state index is 0.809. The lowest BCUT2D eigenvalue weighted by atomic mass is 10.3. The first-order valence-electron chi connectivity index (χ1n) is 3.11. The lowest BCUT2D eigenvalue weighted by Gasteiger charge is -1.92. The van der Waals surface area contributed by atoms with Crippen LogP contribution < -0.4 is 5.32 Å². The Morgan fingerprint density at radius 2 is 2.20 bits per heavy atom. The van der Waals surface area contributed by atoms with E-state index in [2.05, 4.69) is 21.9 Å². The Bertz CT molecular complexity index is 253. The summed E-state index contributed by atoms with van der Waals surface area (Å²) in [4.78, 5) is 8.20. The smallest absolute Gasteiger partial charge is 0.152 e. The third-order valence-electron chi connectivity index (χ3n) is 1.45. The van der Waals surface area contributed by atoms with Crippen LogP contribution in [0.1, 0.15) is 5.69 Å². The fourth-order valence-electron chi connectivity index (χ4n) is 1.01. The molecule has 2 heterocycles. The van der Waals surface area contributed by atoms with Crippen molar-refractivity contribution in [1.29, 1.82) is 0 Å². The summed E-state index contributed by atoms with van der Waals surface area (Å²) in [6.45, 7) is 3.78. The van der Waals surface area contributed by atoms with E-state index in [1.807, 2.05) is 0 Å². The van der Waals surface area contributed by atoms with E-state index in [0.29, 0.717) is 0 Å². The van der Waals surface area contributed by atoms with Crippen LogP contribution in [0.3, 0.4) is 0 Å². The molecule has 0 aliphatic carbocycles. The van der Waals surface area contributed by atoms with Crippen molar-refractivity contribution in [2.75, 3.05) is 5.32 Å². The third kappa shape index (κ3) is 0.673. The third-order valence-corrected chi connectivity index (χ3v) is 1.45. The van der Waals surface area contributed by atoms with E-state index in [1.54, 1.807) is 12.4 Å². The number of aromatic nitrogens is 2. The minimum Gasteiger partial charge on any atom is -0.342 e. The molecule has 0 saturated heterocycles. The van der Waals surface area contributed by atoms with Gasteiger partial charge in [-0.1, -0.05) is 6.58 Å². The Hall–Kier alpha value is -1.38. The van der Waals surface area contributed by atoms with Gasteiger partial charge in [0, 0.05) is 24.5 Å². The summed E-state index contributed by atoms with van der Waals surface area (Å²) < 4.78 is 0. The average Bonchev–Trinajstić information content (AvgIpc) is 2.27. The molecule has 0 fully saturated rings. The number of nitrogens with zero attached hydrogens (tertiary/aromatic N) is 2. The highest BCUT2D eigenvalue weighted by molar-refractivity contribution is 5.52. The zero-order valence-corrected chi connectivity index (χ0v) is 5.46. The number of hydrogen-bond acceptors (Lipinski definition) is 3. The van der Waals surface area contributed by atoms with Crippen LogP contribution in [-0.2, 0) is 6.42 Å². The highest BCUT2D eigenvalue weighted by atomic mass is 15.1. The molecule has 1 aliphatic heterocycles. The lowest BCUT2D eigenvalue weighted by molar-refractivity contribution is 1.10. The van der Waals surface area contributed by atoms with E-state index in [1.165, 1.54) is 0 Å². The summed E-state index contributed by atoms with van der Waals surface area (Å²) in [5.41, 5.74) is 1.97. The second kappa shape index (κ2) is 1.80. The van der Waals surface area contributed by atoms with Gasteiger partial charge in [-0.3, -0.25) is 4.98 Å². The number of anilines is 1. The molecule has 0 spiro atoms. The summed E-state index contributed by atoms with van der Waals surface area (Å²) in [5.74, 6) is 0.854. The molecular weight excluding hydrogens is 126 g/mol. The van der Waals surface area contributed by atoms with Gasteiger partial charge in [-0.25, -0.2) is 4.98 Å². The van der Waals surface area contributed by atoms with Crippen molar-refractivity contribution in [2.45, 2.75) is 6.42 Å². The van der Waals surface area contributed by atoms with Crippen LogP contribution in [0.2, 0.25) is 0 Å². The monoisotopic (exact) mass is 133 g/mol. The van der Waals surface area contributed by atoms with E-state index in [-0.39, 0.29) is 0 Å². The minimum atomic E-state index is 0.809. The Labute approximate surface area is 58.8 Å². The standard InChI is InChI=1S/C7H7N3/c1-5-4-6-7(10-5)9-3-2-8-6/h2-3H,1,4H2,(H,9,10). The number of allylic oxidation sites excluding steroid dienone is 1. The van der Waals surface area contributed by atoms with Crippen molar-refractivity contribution in [3.8, 4) is 0 Å². The van der Waals surface area contributed by atoms with E-state index < -0.39 is 0 Å². The highest BCUT2D eigenvalue weighted by Gasteiger charge is 2.13. The molecule has 3 heteroatoms. The maximum atomic E-state index is 4.12. The molecule has 0 aromatic carbocycles. The second-order valence-corrected chi connectivity index (χ2v) is 2.26. The molecule has 0 bridgehead atoms. The quantitative estimate of drug-likeness (QED) is 0.572. The average molecular weight is 133 g/mol. The van der Waals surface area contributed by atoms with Gasteiger partial charge in [-0.15, -0.1) is 0 Å². The molecule has 1 N–H and O–H groups in total. The molecule has 0 radical (unpaired) electrons. The summed E-state index contributed by atoms with van der Waals surface area (Å²) in [6.07, 6.45) is 4.17. The van der Waals surface area contributed by atoms with Crippen LogP contribution in [0.4, 0.5) is 5.82 Å². The highest BCUT2D eigenvalue weighted by Crippen LogP contribution is 2.20. The molecule has 0 amide bonds. The zero-order chi connectivity index (χ0) is 6.97. The van der Waals surface area contributed by atoms with Gasteiger partial charge in [0.05, 0.1) is 5.69 Å². The molecule has 0 unspecified atom stereocenters. The van der Waals surface area contributed by atoms with E-state index in [4.69, 9.17) is 0 Å². The first kappa shape index (κ1) is 5.41. The van der Waals surface area contributed by atoms with Gasteiger partial charge < -0.3 is 5.32 Å². The number of rotatable bonds is 0. The van der Waals surface area contributed by atoms with Gasteiger partial charge in [0.25, 0.3) is 0 Å². The largest absolute Gasteiger partial charge is 0.342 e. The molecule has 10 heavy (non-hydrogen) atoms. The molecule has 1 aliphatic rings. The fourth-order valence-corrected chi connectivity index (χ4v) is 1.01. The van der Waals surface area contributed by atoms with Gasteiger partial charge in [0.15, 0.2) is 5.82 Å². The maximum absolute atomic E-state index is 4.12. The Balaban J connectivity index is 2.51. The normalized spacial score (nSPS) is 14.6. The molecule has 50 valence electrons. The van der Waals surface area contributed by atoms with Crippen LogP contribution >= 0.6 is 0 Å². The van der Waals surface area contributed by atoms with Crippen LogP contribution in [-0.4, -0.2) is 9.97 Å². The number of nitrogens with one attached hydrogen (secondary N) is 1. The molecule has 0 atom stereocenters. The van der Waals surface area contributed by atoms with Crippen LogP contribution in [0, 0.1) is 0 Å². The van der Waals surface area contributed by atoms with Crippen molar-refractivity contribution >= 4 is 5.82 Å². The molecule has 1 aromatic rings. The predicted octanol–water partition coefficient (Wildman–Crippen LogP) is 0.958. The topological polar surface area (TPSA) is 37.8 Å². The second-order valence-electron chi connectivity index (χ2n) is 2.26. The van der Waals surface area contributed by atoms with Crippen LogP contribution in [0.15, 0.2) is 24.7 Å². The summed E-state index contributed by atoms with van der Waals surface area (Å²) in [5, 5.41) is 3.03. The van der Waals surface area contributed by atoms with Gasteiger partial charge in [0.2, 0.25) is 0 Å². The number of hydrogen-bond donors (Lipinski definition) is 1. The van der Waals surface area contributed by atoms with Crippen LogP contribution in [0.5, 0.6) is 0 Å². The molecule has 3 nitrogen and oxygen atoms in total. The first-order chi connectivity index (χ1) is 4.86. The summed E-state index contributed by atoms with van der Waals surface area (Å²) >= 11 is 0. The van der Waals surface area contributed by atoms with E-state index >= 15 is 0 Å². The lowest BCUT2D eigenvalue weighted by Crippen LogP contribution is -1.89. The Morgan fingerprint density at radius 1 is 1.40 bits per heavy atom. The summed E-state index contributed by atoms with van der Waals surface area (Å²) in [7, 11) is 0. The Morgan fingerprint density at radius 3 is 3.00 bits per heavy atom. The predicted molar refractivity (Wildman–Crippen MR) is 38.5 cm³/mol. The van der Waals surface area contributed by atoms with Gasteiger partial charge in [-0.2, -0.15) is 0 Å². The van der Waals surface area contributed by atoms with Gasteiger partial charge in [-0.05, 0) is 0 Å². The van der Waals surface area contributed by atoms with Gasteiger partial charge >= 0.3 is 0 Å². The van der Waals surface area contributed by atoms with Crippen molar-refractivity contribution in [1.82, 2.24) is 9.97 Å². The molecule has 1 aromatic heterocycles. The van der Waals surface area contributed by atoms with E-state index in [0.717, 1.165) is 23.6 Å². The van der Waals surface area contributed by atoms with Crippen molar-refractivity contribution in [3.05, 3.63) is 30.4 Å². The Kier molecular flexibility index (Phi) is 0.974. The summed E-state index contributed by atoms with van der Waals surface area (Å²) in [6, 6.07) is 0. The van der Waals surface area contributed by atoms with Crippen molar-refractivity contribution in [3.63, 3.8) is 0 Å². The zero-order valence-electron chi connectivity index (χ0n) is 5.46. The molecular formula is C7H7N3.